The number of carbonyl (C=O) groups excluding carboxylic acids is 1. The highest BCUT2D eigenvalue weighted by Gasteiger charge is 2.32. The number of benzene rings is 1. The quantitative estimate of drug-likeness (QED) is 0.505. The number of anilines is 1. The van der Waals surface area contributed by atoms with Crippen LogP contribution in [0.15, 0.2) is 65.8 Å². The van der Waals surface area contributed by atoms with Crippen LogP contribution < -0.4 is 10.9 Å². The van der Waals surface area contributed by atoms with Gasteiger partial charge in [0.1, 0.15) is 11.4 Å². The number of aromatic nitrogens is 3. The van der Waals surface area contributed by atoms with Gasteiger partial charge in [-0.15, -0.1) is 0 Å². The van der Waals surface area contributed by atoms with Gasteiger partial charge in [0.25, 0.3) is 11.5 Å². The average Bonchev–Trinajstić information content (AvgIpc) is 2.73. The molecule has 9 heteroatoms. The summed E-state index contributed by atoms with van der Waals surface area (Å²) in [5.41, 5.74) is 0.931. The van der Waals surface area contributed by atoms with Crippen LogP contribution in [0, 0.1) is 6.92 Å². The molecule has 1 aromatic carbocycles. The third kappa shape index (κ3) is 4.02. The van der Waals surface area contributed by atoms with E-state index in [-0.39, 0.29) is 16.9 Å². The van der Waals surface area contributed by atoms with Crippen molar-refractivity contribution < 1.29 is 18.0 Å². The molecule has 0 bridgehead atoms. The van der Waals surface area contributed by atoms with Gasteiger partial charge in [0, 0.05) is 35.2 Å². The number of H-pyrrole nitrogens is 1. The molecule has 1 amide bonds. The van der Waals surface area contributed by atoms with Crippen LogP contribution in [0.25, 0.3) is 21.9 Å². The van der Waals surface area contributed by atoms with E-state index in [4.69, 9.17) is 0 Å². The Morgan fingerprint density at radius 2 is 1.84 bits per heavy atom. The fourth-order valence-corrected chi connectivity index (χ4v) is 3.28. The first-order valence-corrected chi connectivity index (χ1v) is 9.16. The number of nitrogens with zero attached hydrogens (tertiary/aromatic N) is 2. The van der Waals surface area contributed by atoms with Crippen LogP contribution in [0.1, 0.15) is 21.7 Å². The van der Waals surface area contributed by atoms with E-state index in [2.05, 4.69) is 20.3 Å². The second kappa shape index (κ2) is 7.67. The van der Waals surface area contributed by atoms with Crippen LogP contribution in [-0.2, 0) is 6.18 Å². The van der Waals surface area contributed by atoms with E-state index in [9.17, 15) is 22.8 Å². The zero-order chi connectivity index (χ0) is 22.2. The van der Waals surface area contributed by atoms with Crippen molar-refractivity contribution in [2.45, 2.75) is 13.1 Å². The van der Waals surface area contributed by atoms with E-state index >= 15 is 0 Å². The van der Waals surface area contributed by atoms with Gasteiger partial charge in [-0.3, -0.25) is 19.6 Å². The van der Waals surface area contributed by atoms with Crippen LogP contribution in [0.5, 0.6) is 0 Å². The lowest BCUT2D eigenvalue weighted by Gasteiger charge is -2.11. The fraction of sp³-hybridized carbons (Fsp3) is 0.0909. The second-order valence-electron chi connectivity index (χ2n) is 6.84. The molecule has 0 spiro atoms. The van der Waals surface area contributed by atoms with Crippen molar-refractivity contribution in [3.8, 4) is 11.1 Å². The normalized spacial score (nSPS) is 11.5. The molecule has 4 rings (SSSR count). The van der Waals surface area contributed by atoms with Gasteiger partial charge in [-0.2, -0.15) is 13.2 Å². The Morgan fingerprint density at radius 3 is 2.58 bits per heavy atom. The SMILES string of the molecule is Cc1cc(C(=O)Nc2ccnc(C(F)(F)F)c2)ncc1-c1cccc2c(=O)[nH]ccc12. The predicted molar refractivity (Wildman–Crippen MR) is 110 cm³/mol. The fourth-order valence-electron chi connectivity index (χ4n) is 3.28. The molecule has 3 aromatic heterocycles. The molecule has 156 valence electrons. The van der Waals surface area contributed by atoms with E-state index in [1.807, 2.05) is 6.07 Å². The zero-order valence-corrected chi connectivity index (χ0v) is 16.1. The maximum absolute atomic E-state index is 12.8. The topological polar surface area (TPSA) is 87.7 Å². The minimum atomic E-state index is -4.61. The molecule has 0 fully saturated rings. The van der Waals surface area contributed by atoms with Gasteiger partial charge >= 0.3 is 6.18 Å². The number of hydrogen-bond donors (Lipinski definition) is 2. The van der Waals surface area contributed by atoms with Crippen molar-refractivity contribution in [3.63, 3.8) is 0 Å². The number of rotatable bonds is 3. The molecule has 31 heavy (non-hydrogen) atoms. The summed E-state index contributed by atoms with van der Waals surface area (Å²) in [5.74, 6) is -0.650. The minimum Gasteiger partial charge on any atom is -0.329 e. The molecule has 0 atom stereocenters. The Balaban J connectivity index is 1.65. The molecule has 0 radical (unpaired) electrons. The highest BCUT2D eigenvalue weighted by molar-refractivity contribution is 6.03. The highest BCUT2D eigenvalue weighted by Crippen LogP contribution is 2.30. The Bertz CT molecular complexity index is 1360. The molecule has 3 heterocycles. The molecule has 0 unspecified atom stereocenters. The van der Waals surface area contributed by atoms with Gasteiger partial charge in [-0.1, -0.05) is 12.1 Å². The number of alkyl halides is 3. The number of halogens is 3. The Labute approximate surface area is 173 Å². The van der Waals surface area contributed by atoms with Gasteiger partial charge in [-0.25, -0.2) is 0 Å². The summed E-state index contributed by atoms with van der Waals surface area (Å²) in [7, 11) is 0. The lowest BCUT2D eigenvalue weighted by atomic mass is 9.97. The lowest BCUT2D eigenvalue weighted by molar-refractivity contribution is -0.141. The van der Waals surface area contributed by atoms with Crippen LogP contribution in [-0.4, -0.2) is 20.9 Å². The van der Waals surface area contributed by atoms with Gasteiger partial charge in [0.15, 0.2) is 0 Å². The van der Waals surface area contributed by atoms with Crippen LogP contribution in [0.3, 0.4) is 0 Å². The van der Waals surface area contributed by atoms with E-state index in [1.54, 1.807) is 37.4 Å². The molecule has 0 aliphatic heterocycles. The van der Waals surface area contributed by atoms with Crippen LogP contribution in [0.4, 0.5) is 18.9 Å². The summed E-state index contributed by atoms with van der Waals surface area (Å²) < 4.78 is 38.4. The van der Waals surface area contributed by atoms with Crippen molar-refractivity contribution >= 4 is 22.4 Å². The first kappa shape index (κ1) is 20.3. The number of amides is 1. The maximum Gasteiger partial charge on any atom is 0.433 e. The molecule has 2 N–H and O–H groups in total. The molecular formula is C22H15F3N4O2. The number of aryl methyl sites for hydroxylation is 1. The van der Waals surface area contributed by atoms with Gasteiger partial charge in [-0.05, 0) is 53.8 Å². The number of pyridine rings is 3. The Morgan fingerprint density at radius 1 is 1.03 bits per heavy atom. The highest BCUT2D eigenvalue weighted by atomic mass is 19.4. The van der Waals surface area contributed by atoms with E-state index in [0.717, 1.165) is 34.3 Å². The smallest absolute Gasteiger partial charge is 0.329 e. The van der Waals surface area contributed by atoms with Crippen LogP contribution in [0.2, 0.25) is 0 Å². The summed E-state index contributed by atoms with van der Waals surface area (Å²) in [5, 5.41) is 3.68. The first-order valence-electron chi connectivity index (χ1n) is 9.16. The van der Waals surface area contributed by atoms with Crippen LogP contribution >= 0.6 is 0 Å². The number of carbonyl (C=O) groups is 1. The summed E-state index contributed by atoms with van der Waals surface area (Å²) in [6.07, 6.45) is -0.573. The molecule has 4 aromatic rings. The molecule has 6 nitrogen and oxygen atoms in total. The second-order valence-corrected chi connectivity index (χ2v) is 6.84. The van der Waals surface area contributed by atoms with Crippen molar-refractivity contribution in [2.75, 3.05) is 5.32 Å². The molecular weight excluding hydrogens is 409 g/mol. The molecule has 0 saturated heterocycles. The predicted octanol–water partition coefficient (Wildman–Crippen LogP) is 4.56. The molecule has 0 aliphatic rings. The lowest BCUT2D eigenvalue weighted by Crippen LogP contribution is -2.15. The summed E-state index contributed by atoms with van der Waals surface area (Å²) >= 11 is 0. The monoisotopic (exact) mass is 424 g/mol. The van der Waals surface area contributed by atoms with Gasteiger partial charge in [0.2, 0.25) is 0 Å². The van der Waals surface area contributed by atoms with Gasteiger partial charge < -0.3 is 10.3 Å². The van der Waals surface area contributed by atoms with E-state index in [1.165, 1.54) is 12.3 Å². The number of nitrogens with one attached hydrogen (secondary N) is 2. The molecule has 0 saturated carbocycles. The van der Waals surface area contributed by atoms with Crippen molar-refractivity contribution in [1.29, 1.82) is 0 Å². The van der Waals surface area contributed by atoms with E-state index in [0.29, 0.717) is 5.39 Å². The maximum atomic E-state index is 12.8. The standard InChI is InChI=1S/C22H15F3N4O2/c1-12-9-18(21(31)29-13-5-7-26-19(10-13)22(23,24)25)28-11-17(12)14-3-2-4-16-15(14)6-8-27-20(16)30/h2-11H,1H3,(H,27,30)(H,26,29,31). The average molecular weight is 424 g/mol. The van der Waals surface area contributed by atoms with Crippen molar-refractivity contribution in [1.82, 2.24) is 15.0 Å². The number of aromatic amines is 1. The minimum absolute atomic E-state index is 0.0378. The third-order valence-electron chi connectivity index (χ3n) is 4.76. The largest absolute Gasteiger partial charge is 0.433 e. The van der Waals surface area contributed by atoms with Gasteiger partial charge in [0.05, 0.1) is 0 Å². The van der Waals surface area contributed by atoms with Crippen molar-refractivity contribution in [2.24, 2.45) is 0 Å². The Hall–Kier alpha value is -4.01. The summed E-state index contributed by atoms with van der Waals surface area (Å²) in [4.78, 5) is 34.6. The summed E-state index contributed by atoms with van der Waals surface area (Å²) in [6, 6.07) is 10.7. The third-order valence-corrected chi connectivity index (χ3v) is 4.76. The Kier molecular flexibility index (Phi) is 5.02. The molecule has 0 aliphatic carbocycles. The summed E-state index contributed by atoms with van der Waals surface area (Å²) in [6.45, 7) is 1.79. The number of fused-ring (bicyclic) bond motifs is 1. The van der Waals surface area contributed by atoms with E-state index < -0.39 is 17.8 Å². The number of hydrogen-bond acceptors (Lipinski definition) is 4. The zero-order valence-electron chi connectivity index (χ0n) is 16.1. The first-order chi connectivity index (χ1) is 14.7. The van der Waals surface area contributed by atoms with Crippen molar-refractivity contribution in [3.05, 3.63) is 88.4 Å².